The number of ether oxygens (including phenoxy) is 1. The minimum atomic E-state index is -0.505. The maximum atomic E-state index is 14.6. The lowest BCUT2D eigenvalue weighted by molar-refractivity contribution is 0.340. The van der Waals surface area contributed by atoms with Gasteiger partial charge in [0, 0.05) is 5.56 Å². The Hall–Kier alpha value is -2.94. The zero-order valence-electron chi connectivity index (χ0n) is 16.2. The molecule has 3 heteroatoms. The lowest BCUT2D eigenvalue weighted by atomic mass is 9.92. The summed E-state index contributed by atoms with van der Waals surface area (Å²) in [5.74, 6) is -0.174. The first-order valence-corrected chi connectivity index (χ1v) is 9.50. The number of rotatable bonds is 7. The van der Waals surface area contributed by atoms with Gasteiger partial charge in [0.1, 0.15) is 17.4 Å². The monoisotopic (exact) mass is 378 g/mol. The average Bonchev–Trinajstić information content (AvgIpc) is 2.71. The van der Waals surface area contributed by atoms with Gasteiger partial charge in [0.2, 0.25) is 0 Å². The van der Waals surface area contributed by atoms with Gasteiger partial charge in [0.05, 0.1) is 6.61 Å². The number of benzene rings is 3. The van der Waals surface area contributed by atoms with E-state index in [1.54, 1.807) is 6.08 Å². The van der Waals surface area contributed by atoms with Crippen molar-refractivity contribution in [2.45, 2.75) is 26.2 Å². The molecule has 0 heterocycles. The maximum Gasteiger partial charge on any atom is 0.129 e. The highest BCUT2D eigenvalue weighted by atomic mass is 19.1. The van der Waals surface area contributed by atoms with Crippen molar-refractivity contribution < 1.29 is 13.5 Å². The highest BCUT2D eigenvalue weighted by Gasteiger charge is 2.15. The Labute approximate surface area is 165 Å². The summed E-state index contributed by atoms with van der Waals surface area (Å²) in [4.78, 5) is 0. The molecular formula is C25H24F2O. The van der Waals surface area contributed by atoms with E-state index in [1.807, 2.05) is 74.5 Å². The second-order valence-corrected chi connectivity index (χ2v) is 6.81. The molecule has 0 radical (unpaired) electrons. The Morgan fingerprint density at radius 3 is 2.07 bits per heavy atom. The van der Waals surface area contributed by atoms with E-state index in [0.29, 0.717) is 18.6 Å². The highest BCUT2D eigenvalue weighted by molar-refractivity contribution is 5.70. The standard InChI is InChI=1S/C25H24F2O/c1-3-28-22-13-11-19(12-14-22)9-10-20-16-24(26)23(25(27)17-20)15-18(2)21-7-5-4-6-8-21/h4-14,16-18H,3,15H2,1-2H3/t18-/m0/s1. The SMILES string of the molecule is CCOc1ccc(C=Cc2cc(F)c(C[C@H](C)c3ccccc3)c(F)c2)cc1. The van der Waals surface area contributed by atoms with Gasteiger partial charge in [-0.1, -0.05) is 61.5 Å². The second-order valence-electron chi connectivity index (χ2n) is 6.81. The van der Waals surface area contributed by atoms with E-state index in [1.165, 1.54) is 12.1 Å². The van der Waals surface area contributed by atoms with Crippen LogP contribution in [0.15, 0.2) is 66.7 Å². The van der Waals surface area contributed by atoms with Crippen LogP contribution in [0.1, 0.15) is 42.0 Å². The zero-order valence-corrected chi connectivity index (χ0v) is 16.2. The van der Waals surface area contributed by atoms with Gasteiger partial charge in [0.15, 0.2) is 0 Å². The van der Waals surface area contributed by atoms with Crippen LogP contribution >= 0.6 is 0 Å². The van der Waals surface area contributed by atoms with Gasteiger partial charge in [-0.2, -0.15) is 0 Å². The Balaban J connectivity index is 1.74. The lowest BCUT2D eigenvalue weighted by Gasteiger charge is -2.14. The van der Waals surface area contributed by atoms with Crippen LogP contribution in [-0.2, 0) is 6.42 Å². The van der Waals surface area contributed by atoms with E-state index in [0.717, 1.165) is 16.9 Å². The summed E-state index contributed by atoms with van der Waals surface area (Å²) in [5, 5.41) is 0. The first-order chi connectivity index (χ1) is 13.6. The molecule has 1 atom stereocenters. The average molecular weight is 378 g/mol. The summed E-state index contributed by atoms with van der Waals surface area (Å²) in [7, 11) is 0. The van der Waals surface area contributed by atoms with Crippen molar-refractivity contribution in [3.05, 3.63) is 101 Å². The molecule has 0 spiro atoms. The molecular weight excluding hydrogens is 354 g/mol. The highest BCUT2D eigenvalue weighted by Crippen LogP contribution is 2.25. The number of hydrogen-bond donors (Lipinski definition) is 0. The quantitative estimate of drug-likeness (QED) is 0.407. The van der Waals surface area contributed by atoms with Gasteiger partial charge in [-0.25, -0.2) is 8.78 Å². The van der Waals surface area contributed by atoms with Crippen LogP contribution in [0.2, 0.25) is 0 Å². The van der Waals surface area contributed by atoms with Crippen LogP contribution in [0.5, 0.6) is 5.75 Å². The van der Waals surface area contributed by atoms with Crippen molar-refractivity contribution in [1.29, 1.82) is 0 Å². The maximum absolute atomic E-state index is 14.6. The molecule has 0 aliphatic rings. The van der Waals surface area contributed by atoms with Gasteiger partial charge >= 0.3 is 0 Å². The van der Waals surface area contributed by atoms with Crippen molar-refractivity contribution in [2.75, 3.05) is 6.61 Å². The third-order valence-electron chi connectivity index (χ3n) is 4.70. The molecule has 1 nitrogen and oxygen atoms in total. The molecule has 3 rings (SSSR count). The number of hydrogen-bond acceptors (Lipinski definition) is 1. The molecule has 0 bridgehead atoms. The van der Waals surface area contributed by atoms with Crippen LogP contribution in [0.25, 0.3) is 12.2 Å². The summed E-state index contributed by atoms with van der Waals surface area (Å²) in [6.07, 6.45) is 3.87. The predicted molar refractivity (Wildman–Crippen MR) is 111 cm³/mol. The third kappa shape index (κ3) is 5.07. The van der Waals surface area contributed by atoms with Gasteiger partial charge in [-0.15, -0.1) is 0 Å². The Morgan fingerprint density at radius 1 is 0.857 bits per heavy atom. The Morgan fingerprint density at radius 2 is 1.46 bits per heavy atom. The van der Waals surface area contributed by atoms with Crippen LogP contribution in [0, 0.1) is 11.6 Å². The number of halogens is 2. The van der Waals surface area contributed by atoms with E-state index in [9.17, 15) is 8.78 Å². The minimum Gasteiger partial charge on any atom is -0.494 e. The van der Waals surface area contributed by atoms with Gasteiger partial charge < -0.3 is 4.74 Å². The minimum absolute atomic E-state index is 0.0375. The van der Waals surface area contributed by atoms with Crippen LogP contribution in [0.3, 0.4) is 0 Å². The topological polar surface area (TPSA) is 9.23 Å². The summed E-state index contributed by atoms with van der Waals surface area (Å²) in [6.45, 7) is 4.53. The molecule has 3 aromatic carbocycles. The largest absolute Gasteiger partial charge is 0.494 e. The molecule has 0 aromatic heterocycles. The molecule has 0 amide bonds. The van der Waals surface area contributed by atoms with Crippen molar-refractivity contribution in [2.24, 2.45) is 0 Å². The van der Waals surface area contributed by atoms with E-state index in [-0.39, 0.29) is 11.5 Å². The summed E-state index contributed by atoms with van der Waals surface area (Å²) < 4.78 is 34.5. The van der Waals surface area contributed by atoms with Gasteiger partial charge in [0.25, 0.3) is 0 Å². The zero-order chi connectivity index (χ0) is 19.9. The van der Waals surface area contributed by atoms with Crippen LogP contribution < -0.4 is 4.74 Å². The molecule has 144 valence electrons. The fourth-order valence-corrected chi connectivity index (χ4v) is 3.15. The molecule has 3 aromatic rings. The molecule has 0 aliphatic heterocycles. The molecule has 0 saturated carbocycles. The normalized spacial score (nSPS) is 12.3. The Bertz CT molecular complexity index is 908. The predicted octanol–water partition coefficient (Wildman–Crippen LogP) is 6.88. The van der Waals surface area contributed by atoms with Crippen LogP contribution in [-0.4, -0.2) is 6.61 Å². The fourth-order valence-electron chi connectivity index (χ4n) is 3.15. The van der Waals surface area contributed by atoms with Gasteiger partial charge in [-0.3, -0.25) is 0 Å². The smallest absolute Gasteiger partial charge is 0.129 e. The van der Waals surface area contributed by atoms with Crippen molar-refractivity contribution in [3.63, 3.8) is 0 Å². The van der Waals surface area contributed by atoms with Crippen molar-refractivity contribution in [1.82, 2.24) is 0 Å². The van der Waals surface area contributed by atoms with E-state index < -0.39 is 11.6 Å². The molecule has 0 aliphatic carbocycles. The second kappa shape index (κ2) is 9.32. The van der Waals surface area contributed by atoms with E-state index >= 15 is 0 Å². The third-order valence-corrected chi connectivity index (χ3v) is 4.70. The first kappa shape index (κ1) is 19.8. The van der Waals surface area contributed by atoms with Crippen LogP contribution in [0.4, 0.5) is 8.78 Å². The molecule has 0 unspecified atom stereocenters. The first-order valence-electron chi connectivity index (χ1n) is 9.50. The molecule has 28 heavy (non-hydrogen) atoms. The summed E-state index contributed by atoms with van der Waals surface area (Å²) in [6, 6.07) is 20.1. The molecule has 0 saturated heterocycles. The fraction of sp³-hybridized carbons (Fsp3) is 0.200. The lowest BCUT2D eigenvalue weighted by Crippen LogP contribution is -2.04. The van der Waals surface area contributed by atoms with E-state index in [4.69, 9.17) is 4.74 Å². The van der Waals surface area contributed by atoms with Crippen molar-refractivity contribution in [3.8, 4) is 5.75 Å². The van der Waals surface area contributed by atoms with Crippen molar-refractivity contribution >= 4 is 12.2 Å². The molecule has 0 N–H and O–H groups in total. The van der Waals surface area contributed by atoms with E-state index in [2.05, 4.69) is 0 Å². The Kier molecular flexibility index (Phi) is 6.59. The van der Waals surface area contributed by atoms with Gasteiger partial charge in [-0.05, 0) is 60.2 Å². The summed E-state index contributed by atoms with van der Waals surface area (Å²) in [5.41, 5.74) is 2.64. The molecule has 0 fully saturated rings. The summed E-state index contributed by atoms with van der Waals surface area (Å²) >= 11 is 0.